The quantitative estimate of drug-likeness (QED) is 0.425. The fourth-order valence-corrected chi connectivity index (χ4v) is 2.28. The van der Waals surface area contributed by atoms with Crippen molar-refractivity contribution in [2.75, 3.05) is 11.3 Å². The molecule has 0 saturated heterocycles. The van der Waals surface area contributed by atoms with E-state index in [-0.39, 0.29) is 0 Å². The molecule has 1 aromatic rings. The Kier molecular flexibility index (Phi) is 3.88. The van der Waals surface area contributed by atoms with Crippen LogP contribution in [0.2, 0.25) is 0 Å². The Hall–Kier alpha value is -0.220. The van der Waals surface area contributed by atoms with Crippen LogP contribution in [0.3, 0.4) is 0 Å². The van der Waals surface area contributed by atoms with Gasteiger partial charge in [0.25, 0.3) is 0 Å². The first-order valence-electron chi connectivity index (χ1n) is 3.66. The van der Waals surface area contributed by atoms with Crippen molar-refractivity contribution in [1.82, 2.24) is 9.97 Å². The molecule has 0 amide bonds. The van der Waals surface area contributed by atoms with Crippen LogP contribution in [-0.4, -0.2) is 21.3 Å². The molecule has 0 aromatic carbocycles. The minimum atomic E-state index is 0.860. The van der Waals surface area contributed by atoms with Crippen LogP contribution in [0.25, 0.3) is 0 Å². The minimum Gasteiger partial charge on any atom is -0.238 e. The molecule has 0 bridgehead atoms. The van der Waals surface area contributed by atoms with Crippen LogP contribution in [0, 0.1) is 13.8 Å². The summed E-state index contributed by atoms with van der Waals surface area (Å²) in [5.74, 6) is 0.860. The molecule has 0 atom stereocenters. The van der Waals surface area contributed by atoms with E-state index < -0.39 is 0 Å². The van der Waals surface area contributed by atoms with E-state index in [1.54, 1.807) is 11.8 Å². The van der Waals surface area contributed by atoms with Gasteiger partial charge >= 0.3 is 0 Å². The first-order valence-corrected chi connectivity index (χ1v) is 6.04. The Labute approximate surface area is 81.6 Å². The van der Waals surface area contributed by atoms with Crippen LogP contribution in [0.5, 0.6) is 0 Å². The minimum absolute atomic E-state index is 0.860. The van der Waals surface area contributed by atoms with Crippen molar-refractivity contribution in [2.45, 2.75) is 18.9 Å². The summed E-state index contributed by atoms with van der Waals surface area (Å²) in [5.41, 5.74) is 1.05. The molecule has 0 N–H and O–H groups in total. The Morgan fingerprint density at radius 3 is 2.67 bits per heavy atom. The molecule has 0 unspecified atom stereocenters. The van der Waals surface area contributed by atoms with Gasteiger partial charge in [0, 0.05) is 10.8 Å². The lowest BCUT2D eigenvalue weighted by Crippen LogP contribution is -1.92. The van der Waals surface area contributed by atoms with Crippen molar-refractivity contribution in [1.29, 1.82) is 0 Å². The van der Waals surface area contributed by atoms with Gasteiger partial charge in [-0.3, -0.25) is 0 Å². The Morgan fingerprint density at radius 1 is 1.33 bits per heavy atom. The van der Waals surface area contributed by atoms with Crippen molar-refractivity contribution < 1.29 is 0 Å². The standard InChI is InChI=1S/C8H12N2S2/c1-6-4-8(12-5-11-3)10-7(2)9-6/h4H,5H2,1-3H3. The summed E-state index contributed by atoms with van der Waals surface area (Å²) < 4.78 is 0. The Morgan fingerprint density at radius 2 is 2.08 bits per heavy atom. The monoisotopic (exact) mass is 200 g/mol. The third kappa shape index (κ3) is 3.03. The second kappa shape index (κ2) is 4.72. The van der Waals surface area contributed by atoms with Crippen molar-refractivity contribution in [3.8, 4) is 0 Å². The maximum Gasteiger partial charge on any atom is 0.126 e. The lowest BCUT2D eigenvalue weighted by atomic mass is 10.4. The maximum atomic E-state index is 4.31. The predicted molar refractivity (Wildman–Crippen MR) is 55.7 cm³/mol. The molecule has 0 fully saturated rings. The summed E-state index contributed by atoms with van der Waals surface area (Å²) in [6, 6.07) is 2.02. The Balaban J connectivity index is 2.72. The average Bonchev–Trinajstić information content (AvgIpc) is 1.99. The Bertz CT molecular complexity index is 243. The fourth-order valence-electron chi connectivity index (χ4n) is 0.876. The van der Waals surface area contributed by atoms with Gasteiger partial charge < -0.3 is 0 Å². The van der Waals surface area contributed by atoms with Crippen LogP contribution in [0.15, 0.2) is 11.1 Å². The number of nitrogens with zero attached hydrogens (tertiary/aromatic N) is 2. The fraction of sp³-hybridized carbons (Fsp3) is 0.500. The zero-order valence-electron chi connectivity index (χ0n) is 7.50. The number of aromatic nitrogens is 2. The van der Waals surface area contributed by atoms with Gasteiger partial charge in [0.15, 0.2) is 0 Å². The summed E-state index contributed by atoms with van der Waals surface area (Å²) >= 11 is 3.57. The lowest BCUT2D eigenvalue weighted by molar-refractivity contribution is 0.938. The summed E-state index contributed by atoms with van der Waals surface area (Å²) in [7, 11) is 0. The normalized spacial score (nSPS) is 10.2. The van der Waals surface area contributed by atoms with Crippen molar-refractivity contribution in [3.63, 3.8) is 0 Å². The van der Waals surface area contributed by atoms with Crippen LogP contribution in [-0.2, 0) is 0 Å². The second-order valence-electron chi connectivity index (χ2n) is 2.45. The molecule has 0 aliphatic carbocycles. The first kappa shape index (κ1) is 9.86. The number of rotatable bonds is 3. The molecular formula is C8H12N2S2. The van der Waals surface area contributed by atoms with E-state index in [9.17, 15) is 0 Å². The molecule has 0 radical (unpaired) electrons. The largest absolute Gasteiger partial charge is 0.238 e. The van der Waals surface area contributed by atoms with Crippen molar-refractivity contribution in [2.24, 2.45) is 0 Å². The molecule has 1 rings (SSSR count). The average molecular weight is 200 g/mol. The summed E-state index contributed by atoms with van der Waals surface area (Å²) in [4.78, 5) is 8.52. The molecule has 12 heavy (non-hydrogen) atoms. The van der Waals surface area contributed by atoms with Gasteiger partial charge in [-0.2, -0.15) is 11.8 Å². The molecule has 4 heteroatoms. The summed E-state index contributed by atoms with van der Waals surface area (Å²) in [6.07, 6.45) is 2.09. The molecule has 0 spiro atoms. The van der Waals surface area contributed by atoms with Gasteiger partial charge in [-0.1, -0.05) is 11.8 Å². The predicted octanol–water partition coefficient (Wildman–Crippen LogP) is 2.51. The van der Waals surface area contributed by atoms with Crippen LogP contribution >= 0.6 is 23.5 Å². The first-order chi connectivity index (χ1) is 5.72. The molecule has 0 aliphatic rings. The second-order valence-corrected chi connectivity index (χ2v) is 4.67. The maximum absolute atomic E-state index is 4.31. The van der Waals surface area contributed by atoms with Crippen LogP contribution in [0.1, 0.15) is 11.5 Å². The summed E-state index contributed by atoms with van der Waals surface area (Å²) in [6.45, 7) is 3.92. The number of thioether (sulfide) groups is 2. The van der Waals surface area contributed by atoms with Crippen molar-refractivity contribution >= 4 is 23.5 Å². The highest BCUT2D eigenvalue weighted by Crippen LogP contribution is 2.19. The lowest BCUT2D eigenvalue weighted by Gasteiger charge is -2.00. The van der Waals surface area contributed by atoms with E-state index >= 15 is 0 Å². The molecule has 0 saturated carbocycles. The number of hydrogen-bond donors (Lipinski definition) is 0. The van der Waals surface area contributed by atoms with Gasteiger partial charge in [0.05, 0.1) is 0 Å². The third-order valence-corrected chi connectivity index (χ3v) is 3.19. The van der Waals surface area contributed by atoms with Gasteiger partial charge in [-0.25, -0.2) is 9.97 Å². The van der Waals surface area contributed by atoms with Gasteiger partial charge in [-0.15, -0.1) is 0 Å². The smallest absolute Gasteiger partial charge is 0.126 e. The van der Waals surface area contributed by atoms with Crippen molar-refractivity contribution in [3.05, 3.63) is 17.6 Å². The molecule has 1 aromatic heterocycles. The molecule has 66 valence electrons. The SMILES string of the molecule is CSCSc1cc(C)nc(C)n1. The van der Waals surface area contributed by atoms with E-state index in [4.69, 9.17) is 0 Å². The third-order valence-electron chi connectivity index (χ3n) is 1.27. The van der Waals surface area contributed by atoms with E-state index in [1.165, 1.54) is 0 Å². The summed E-state index contributed by atoms with van der Waals surface area (Å²) in [5, 5.41) is 2.13. The number of hydrogen-bond acceptors (Lipinski definition) is 4. The highest BCUT2D eigenvalue weighted by molar-refractivity contribution is 8.15. The van der Waals surface area contributed by atoms with E-state index in [1.807, 2.05) is 31.7 Å². The molecular weight excluding hydrogens is 188 g/mol. The van der Waals surface area contributed by atoms with Gasteiger partial charge in [-0.05, 0) is 26.2 Å². The molecule has 0 aliphatic heterocycles. The van der Waals surface area contributed by atoms with Crippen LogP contribution in [0.4, 0.5) is 0 Å². The van der Waals surface area contributed by atoms with Gasteiger partial charge in [0.2, 0.25) is 0 Å². The van der Waals surface area contributed by atoms with E-state index in [2.05, 4.69) is 16.2 Å². The zero-order chi connectivity index (χ0) is 8.97. The van der Waals surface area contributed by atoms with E-state index in [0.29, 0.717) is 0 Å². The van der Waals surface area contributed by atoms with Gasteiger partial charge in [0.1, 0.15) is 10.9 Å². The number of aryl methyl sites for hydroxylation is 2. The van der Waals surface area contributed by atoms with Crippen LogP contribution < -0.4 is 0 Å². The molecule has 1 heterocycles. The molecule has 2 nitrogen and oxygen atoms in total. The highest BCUT2D eigenvalue weighted by atomic mass is 32.2. The topological polar surface area (TPSA) is 25.8 Å². The highest BCUT2D eigenvalue weighted by Gasteiger charge is 1.97. The van der Waals surface area contributed by atoms with E-state index in [0.717, 1.165) is 21.6 Å². The zero-order valence-corrected chi connectivity index (χ0v) is 9.13.